The van der Waals surface area contributed by atoms with Crippen molar-refractivity contribution in [1.82, 2.24) is 9.91 Å². The first-order chi connectivity index (χ1) is 15.3. The molecule has 32 heavy (non-hydrogen) atoms. The van der Waals surface area contributed by atoms with Gasteiger partial charge in [0.2, 0.25) is 5.91 Å². The topological polar surface area (TPSA) is 71.4 Å². The first kappa shape index (κ1) is 23.2. The number of carbonyl (C=O) groups is 2. The number of benzene rings is 2. The molecule has 0 radical (unpaired) electrons. The molecule has 0 bridgehead atoms. The summed E-state index contributed by atoms with van der Waals surface area (Å²) in [7, 11) is 4.68. The molecule has 0 saturated carbocycles. The molecule has 0 N–H and O–H groups in total. The second kappa shape index (κ2) is 9.80. The summed E-state index contributed by atoms with van der Waals surface area (Å²) in [5.74, 6) is -0.0129. The summed E-state index contributed by atoms with van der Waals surface area (Å²) in [5, 5.41) is 5.81. The Kier molecular flexibility index (Phi) is 7.12. The maximum absolute atomic E-state index is 14.5. The molecule has 0 spiro atoms. The molecule has 1 atom stereocenters. The third kappa shape index (κ3) is 4.74. The van der Waals surface area contributed by atoms with E-state index in [1.54, 1.807) is 71.5 Å². The van der Waals surface area contributed by atoms with Crippen LogP contribution in [0.1, 0.15) is 37.4 Å². The van der Waals surface area contributed by atoms with E-state index in [1.165, 1.54) is 16.0 Å². The number of hydrazone groups is 1. The van der Waals surface area contributed by atoms with E-state index in [-0.39, 0.29) is 30.7 Å². The van der Waals surface area contributed by atoms with E-state index in [4.69, 9.17) is 9.47 Å². The van der Waals surface area contributed by atoms with Gasteiger partial charge in [-0.3, -0.25) is 9.59 Å². The molecule has 170 valence electrons. The van der Waals surface area contributed by atoms with Crippen LogP contribution in [0.2, 0.25) is 0 Å². The molecule has 1 heterocycles. The highest BCUT2D eigenvalue weighted by molar-refractivity contribution is 6.03. The molecule has 0 aromatic heterocycles. The lowest BCUT2D eigenvalue weighted by Crippen LogP contribution is -2.40. The highest BCUT2D eigenvalue weighted by Gasteiger charge is 2.36. The van der Waals surface area contributed by atoms with E-state index in [0.717, 1.165) is 0 Å². The van der Waals surface area contributed by atoms with Crippen LogP contribution in [0, 0.1) is 11.7 Å². The average Bonchev–Trinajstić information content (AvgIpc) is 3.23. The zero-order chi connectivity index (χ0) is 23.4. The van der Waals surface area contributed by atoms with Gasteiger partial charge < -0.3 is 14.4 Å². The quantitative estimate of drug-likeness (QED) is 0.658. The fourth-order valence-corrected chi connectivity index (χ4v) is 3.73. The van der Waals surface area contributed by atoms with Gasteiger partial charge in [0.25, 0.3) is 5.91 Å². The summed E-state index contributed by atoms with van der Waals surface area (Å²) in [6.45, 7) is 3.41. The molecular formula is C24H28FN3O4. The zero-order valence-corrected chi connectivity index (χ0v) is 19.0. The fourth-order valence-electron chi connectivity index (χ4n) is 3.73. The van der Waals surface area contributed by atoms with Crippen LogP contribution in [0.4, 0.5) is 4.39 Å². The van der Waals surface area contributed by atoms with E-state index in [9.17, 15) is 14.0 Å². The van der Waals surface area contributed by atoms with E-state index in [2.05, 4.69) is 5.10 Å². The first-order valence-corrected chi connectivity index (χ1v) is 10.4. The Bertz CT molecular complexity index is 1040. The van der Waals surface area contributed by atoms with Crippen molar-refractivity contribution >= 4 is 17.5 Å². The fraction of sp³-hybridized carbons (Fsp3) is 0.375. The first-order valence-electron chi connectivity index (χ1n) is 10.4. The number of hydrogen-bond donors (Lipinski definition) is 0. The van der Waals surface area contributed by atoms with Crippen molar-refractivity contribution in [2.45, 2.75) is 26.3 Å². The summed E-state index contributed by atoms with van der Waals surface area (Å²) < 4.78 is 25.4. The van der Waals surface area contributed by atoms with Gasteiger partial charge in [-0.25, -0.2) is 9.40 Å². The van der Waals surface area contributed by atoms with Gasteiger partial charge in [0.15, 0.2) is 0 Å². The second-order valence-corrected chi connectivity index (χ2v) is 7.94. The predicted octanol–water partition coefficient (Wildman–Crippen LogP) is 3.64. The summed E-state index contributed by atoms with van der Waals surface area (Å²) in [6.07, 6.45) is 0.290. The summed E-state index contributed by atoms with van der Waals surface area (Å²) in [6, 6.07) is 11.1. The molecule has 3 rings (SSSR count). The minimum Gasteiger partial charge on any atom is -0.497 e. The minimum atomic E-state index is -0.537. The number of methoxy groups -OCH3 is 2. The van der Waals surface area contributed by atoms with Crippen LogP contribution in [-0.2, 0) is 9.59 Å². The predicted molar refractivity (Wildman–Crippen MR) is 119 cm³/mol. The van der Waals surface area contributed by atoms with Crippen molar-refractivity contribution in [3.05, 3.63) is 59.4 Å². The van der Waals surface area contributed by atoms with Crippen LogP contribution in [0.5, 0.6) is 11.5 Å². The number of hydrogen-bond acceptors (Lipinski definition) is 5. The minimum absolute atomic E-state index is 0.145. The molecule has 0 aliphatic carbocycles. The van der Waals surface area contributed by atoms with E-state index < -0.39 is 11.9 Å². The van der Waals surface area contributed by atoms with Gasteiger partial charge in [-0.15, -0.1) is 0 Å². The lowest BCUT2D eigenvalue weighted by Gasteiger charge is -2.26. The van der Waals surface area contributed by atoms with Gasteiger partial charge in [0.05, 0.1) is 26.0 Å². The second-order valence-electron chi connectivity index (χ2n) is 7.94. The Hall–Kier alpha value is -3.42. The maximum atomic E-state index is 14.5. The number of carbonyl (C=O) groups excluding carboxylic acids is 2. The lowest BCUT2D eigenvalue weighted by atomic mass is 9.97. The zero-order valence-electron chi connectivity index (χ0n) is 19.0. The van der Waals surface area contributed by atoms with Crippen molar-refractivity contribution in [2.75, 3.05) is 27.8 Å². The molecule has 2 aromatic rings. The Morgan fingerprint density at radius 2 is 1.91 bits per heavy atom. The van der Waals surface area contributed by atoms with Gasteiger partial charge in [0.1, 0.15) is 23.9 Å². The molecule has 2 aromatic carbocycles. The third-order valence-corrected chi connectivity index (χ3v) is 5.39. The lowest BCUT2D eigenvalue weighted by molar-refractivity contribution is -0.142. The maximum Gasteiger partial charge on any atom is 0.262 e. The van der Waals surface area contributed by atoms with Crippen molar-refractivity contribution in [2.24, 2.45) is 11.0 Å². The molecule has 7 nitrogen and oxygen atoms in total. The van der Waals surface area contributed by atoms with Gasteiger partial charge in [-0.1, -0.05) is 32.0 Å². The largest absolute Gasteiger partial charge is 0.497 e. The van der Waals surface area contributed by atoms with E-state index in [1.807, 2.05) is 0 Å². The van der Waals surface area contributed by atoms with Crippen LogP contribution < -0.4 is 9.47 Å². The van der Waals surface area contributed by atoms with Crippen LogP contribution >= 0.6 is 0 Å². The van der Waals surface area contributed by atoms with Crippen LogP contribution in [0.3, 0.4) is 0 Å². The number of nitrogens with zero attached hydrogens (tertiary/aromatic N) is 3. The molecular weight excluding hydrogens is 413 g/mol. The molecule has 0 fully saturated rings. The number of amides is 2. The highest BCUT2D eigenvalue weighted by atomic mass is 19.1. The third-order valence-electron chi connectivity index (χ3n) is 5.39. The smallest absolute Gasteiger partial charge is 0.262 e. The van der Waals surface area contributed by atoms with Crippen LogP contribution in [-0.4, -0.2) is 55.2 Å². The standard InChI is InChI=1S/C24H28FN3O4/c1-15(2)24(30)27(3)14-23(29)28-21(18-12-16(31-4)10-11-22(18)32-5)13-20(26-28)17-8-6-7-9-19(17)25/h6-12,15,21H,13-14H2,1-5H3/t21-/m0/s1. The Morgan fingerprint density at radius 1 is 1.19 bits per heavy atom. The van der Waals surface area contributed by atoms with Crippen molar-refractivity contribution in [3.8, 4) is 11.5 Å². The summed E-state index contributed by atoms with van der Waals surface area (Å²) in [5.41, 5.74) is 1.47. The van der Waals surface area contributed by atoms with Crippen molar-refractivity contribution in [3.63, 3.8) is 0 Å². The Balaban J connectivity index is 2.01. The molecule has 0 unspecified atom stereocenters. The normalized spacial score (nSPS) is 15.5. The number of likely N-dealkylation sites (N-methyl/N-ethyl adjacent to an activating group) is 1. The molecule has 8 heteroatoms. The van der Waals surface area contributed by atoms with E-state index >= 15 is 0 Å². The monoisotopic (exact) mass is 441 g/mol. The SMILES string of the molecule is COc1ccc(OC)c([C@@H]2CC(c3ccccc3F)=NN2C(=O)CN(C)C(=O)C(C)C)c1. The summed E-state index contributed by atoms with van der Waals surface area (Å²) in [4.78, 5) is 26.9. The number of ether oxygens (including phenoxy) is 2. The van der Waals surface area contributed by atoms with Gasteiger partial charge >= 0.3 is 0 Å². The van der Waals surface area contributed by atoms with Crippen molar-refractivity contribution in [1.29, 1.82) is 0 Å². The molecule has 0 saturated heterocycles. The van der Waals surface area contributed by atoms with Crippen molar-refractivity contribution < 1.29 is 23.5 Å². The van der Waals surface area contributed by atoms with Crippen LogP contribution in [0.15, 0.2) is 47.6 Å². The van der Waals surface area contributed by atoms with Crippen LogP contribution in [0.25, 0.3) is 0 Å². The molecule has 1 aliphatic rings. The molecule has 2 amide bonds. The van der Waals surface area contributed by atoms with Gasteiger partial charge in [-0.2, -0.15) is 5.10 Å². The average molecular weight is 442 g/mol. The van der Waals surface area contributed by atoms with E-state index in [0.29, 0.717) is 28.3 Å². The Morgan fingerprint density at radius 3 is 2.53 bits per heavy atom. The number of rotatable bonds is 7. The van der Waals surface area contributed by atoms with Gasteiger partial charge in [0, 0.05) is 30.5 Å². The number of halogens is 1. The Labute approximate surface area is 187 Å². The molecule has 1 aliphatic heterocycles. The highest BCUT2D eigenvalue weighted by Crippen LogP contribution is 2.39. The van der Waals surface area contributed by atoms with Gasteiger partial charge in [-0.05, 0) is 24.3 Å². The summed E-state index contributed by atoms with van der Waals surface area (Å²) >= 11 is 0.